The number of nitrogens with zero attached hydrogens (tertiary/aromatic N) is 4. The number of carbonyl (C=O) groups is 2. The van der Waals surface area contributed by atoms with Crippen LogP contribution in [0, 0.1) is 6.92 Å². The second kappa shape index (κ2) is 6.83. The molecule has 7 nitrogen and oxygen atoms in total. The zero-order valence-electron chi connectivity index (χ0n) is 15.4. The maximum absolute atomic E-state index is 12.6. The Bertz CT molecular complexity index is 1030. The van der Waals surface area contributed by atoms with E-state index in [1.807, 2.05) is 18.9 Å². The molecule has 1 saturated heterocycles. The molecule has 0 bridgehead atoms. The predicted molar refractivity (Wildman–Crippen MR) is 103 cm³/mol. The third-order valence-corrected chi connectivity index (χ3v) is 4.89. The van der Waals surface area contributed by atoms with Crippen LogP contribution in [0.5, 0.6) is 0 Å². The largest absolute Gasteiger partial charge is 0.339 e. The molecule has 1 fully saturated rings. The first-order chi connectivity index (χ1) is 13.0. The molecule has 1 aliphatic heterocycles. The Balaban J connectivity index is 1.55. The fourth-order valence-corrected chi connectivity index (χ4v) is 3.47. The van der Waals surface area contributed by atoms with E-state index in [2.05, 4.69) is 15.4 Å². The van der Waals surface area contributed by atoms with E-state index in [4.69, 9.17) is 0 Å². The number of amides is 2. The molecular formula is C20H21N5O2. The molecule has 2 aromatic heterocycles. The Morgan fingerprint density at radius 3 is 2.67 bits per heavy atom. The maximum atomic E-state index is 12.6. The van der Waals surface area contributed by atoms with Gasteiger partial charge in [0.25, 0.3) is 11.8 Å². The summed E-state index contributed by atoms with van der Waals surface area (Å²) in [5.41, 5.74) is 3.20. The van der Waals surface area contributed by atoms with Gasteiger partial charge in [-0.25, -0.2) is 4.98 Å². The molecule has 0 radical (unpaired) electrons. The van der Waals surface area contributed by atoms with Crippen LogP contribution in [0.15, 0.2) is 36.5 Å². The Hall–Kier alpha value is -3.22. The second-order valence-corrected chi connectivity index (χ2v) is 6.84. The van der Waals surface area contributed by atoms with Gasteiger partial charge in [-0.15, -0.1) is 0 Å². The quantitative estimate of drug-likeness (QED) is 0.776. The van der Waals surface area contributed by atoms with Gasteiger partial charge in [0.15, 0.2) is 5.65 Å². The lowest BCUT2D eigenvalue weighted by molar-refractivity contribution is 0.0792. The van der Waals surface area contributed by atoms with E-state index in [1.54, 1.807) is 35.0 Å². The van der Waals surface area contributed by atoms with E-state index in [-0.39, 0.29) is 11.8 Å². The lowest BCUT2D eigenvalue weighted by atomic mass is 10.1. The summed E-state index contributed by atoms with van der Waals surface area (Å²) in [4.78, 5) is 31.4. The normalized spacial score (nSPS) is 13.9. The summed E-state index contributed by atoms with van der Waals surface area (Å²) in [5, 5.41) is 8.03. The number of likely N-dealkylation sites (tertiary alicyclic amines) is 1. The minimum Gasteiger partial charge on any atom is -0.339 e. The Kier molecular flexibility index (Phi) is 4.35. The number of pyridine rings is 1. The molecule has 138 valence electrons. The number of carbonyl (C=O) groups excluding carboxylic acids is 2. The van der Waals surface area contributed by atoms with Crippen molar-refractivity contribution in [3.63, 3.8) is 0 Å². The third-order valence-electron chi connectivity index (χ3n) is 4.89. The highest BCUT2D eigenvalue weighted by molar-refractivity contribution is 6.06. The fraction of sp³-hybridized carbons (Fsp3) is 0.300. The van der Waals surface area contributed by atoms with Crippen molar-refractivity contribution in [3.05, 3.63) is 53.3 Å². The number of hydrogen-bond donors (Lipinski definition) is 1. The highest BCUT2D eigenvalue weighted by Gasteiger charge is 2.20. The molecule has 1 N–H and O–H groups in total. The van der Waals surface area contributed by atoms with Gasteiger partial charge >= 0.3 is 0 Å². The molecule has 2 amide bonds. The molecule has 0 unspecified atom stereocenters. The minimum absolute atomic E-state index is 0.0117. The summed E-state index contributed by atoms with van der Waals surface area (Å²) in [6.45, 7) is 3.48. The van der Waals surface area contributed by atoms with Gasteiger partial charge in [-0.2, -0.15) is 5.10 Å². The summed E-state index contributed by atoms with van der Waals surface area (Å²) in [6.07, 6.45) is 3.63. The van der Waals surface area contributed by atoms with Gasteiger partial charge in [0.2, 0.25) is 0 Å². The summed E-state index contributed by atoms with van der Waals surface area (Å²) >= 11 is 0. The first-order valence-electron chi connectivity index (χ1n) is 9.03. The van der Waals surface area contributed by atoms with E-state index in [9.17, 15) is 9.59 Å². The Morgan fingerprint density at radius 1 is 1.11 bits per heavy atom. The molecule has 7 heteroatoms. The molecule has 3 aromatic rings. The second-order valence-electron chi connectivity index (χ2n) is 6.84. The molecule has 0 aliphatic carbocycles. The summed E-state index contributed by atoms with van der Waals surface area (Å²) in [6, 6.07) is 8.85. The molecule has 0 saturated carbocycles. The number of aromatic nitrogens is 3. The highest BCUT2D eigenvalue weighted by atomic mass is 16.2. The van der Waals surface area contributed by atoms with Gasteiger partial charge in [0.1, 0.15) is 0 Å². The van der Waals surface area contributed by atoms with E-state index in [0.717, 1.165) is 42.7 Å². The fourth-order valence-electron chi connectivity index (χ4n) is 3.47. The average molecular weight is 363 g/mol. The summed E-state index contributed by atoms with van der Waals surface area (Å²) in [5.74, 6) is -0.254. The Labute approximate surface area is 157 Å². The lowest BCUT2D eigenvalue weighted by Crippen LogP contribution is -2.27. The van der Waals surface area contributed by atoms with Crippen LogP contribution >= 0.6 is 0 Å². The number of hydrogen-bond acceptors (Lipinski definition) is 4. The van der Waals surface area contributed by atoms with Crippen LogP contribution < -0.4 is 5.32 Å². The summed E-state index contributed by atoms with van der Waals surface area (Å²) in [7, 11) is 1.82. The van der Waals surface area contributed by atoms with E-state index in [0.29, 0.717) is 16.8 Å². The molecular weight excluding hydrogens is 342 g/mol. The number of anilines is 1. The minimum atomic E-state index is -0.265. The maximum Gasteiger partial charge on any atom is 0.257 e. The van der Waals surface area contributed by atoms with Crippen LogP contribution in [0.3, 0.4) is 0 Å². The molecule has 0 atom stereocenters. The zero-order chi connectivity index (χ0) is 19.0. The number of aryl methyl sites for hydroxylation is 2. The predicted octanol–water partition coefficient (Wildman–Crippen LogP) is 2.77. The molecule has 27 heavy (non-hydrogen) atoms. The van der Waals surface area contributed by atoms with Crippen molar-refractivity contribution in [3.8, 4) is 0 Å². The van der Waals surface area contributed by atoms with Gasteiger partial charge < -0.3 is 10.2 Å². The molecule has 1 aliphatic rings. The summed E-state index contributed by atoms with van der Waals surface area (Å²) < 4.78 is 1.69. The van der Waals surface area contributed by atoms with E-state index < -0.39 is 0 Å². The van der Waals surface area contributed by atoms with Crippen LogP contribution in [0.4, 0.5) is 5.69 Å². The van der Waals surface area contributed by atoms with Gasteiger partial charge in [0.05, 0.1) is 11.3 Å². The van der Waals surface area contributed by atoms with Crippen molar-refractivity contribution in [2.45, 2.75) is 19.8 Å². The van der Waals surface area contributed by atoms with Crippen molar-refractivity contribution < 1.29 is 9.59 Å². The van der Waals surface area contributed by atoms with E-state index >= 15 is 0 Å². The SMILES string of the molecule is Cc1nn(C)c2ncc(C(=O)Nc3cccc(C(=O)N4CCCC4)c3)cc12. The van der Waals surface area contributed by atoms with Gasteiger partial charge in [-0.05, 0) is 44.0 Å². The van der Waals surface area contributed by atoms with Gasteiger partial charge in [-0.1, -0.05) is 6.07 Å². The molecule has 4 rings (SSSR count). The van der Waals surface area contributed by atoms with Crippen LogP contribution in [-0.4, -0.2) is 44.6 Å². The first kappa shape index (κ1) is 17.2. The van der Waals surface area contributed by atoms with Crippen molar-refractivity contribution in [1.82, 2.24) is 19.7 Å². The first-order valence-corrected chi connectivity index (χ1v) is 9.03. The van der Waals surface area contributed by atoms with Gasteiger partial charge in [-0.3, -0.25) is 14.3 Å². The monoisotopic (exact) mass is 363 g/mol. The van der Waals surface area contributed by atoms with Crippen LogP contribution in [0.2, 0.25) is 0 Å². The number of rotatable bonds is 3. The molecule has 3 heterocycles. The number of benzene rings is 1. The molecule has 0 spiro atoms. The number of nitrogens with one attached hydrogen (secondary N) is 1. The van der Waals surface area contributed by atoms with Gasteiger partial charge in [0, 0.05) is 43.0 Å². The average Bonchev–Trinajstić information content (AvgIpc) is 3.30. The number of fused-ring (bicyclic) bond motifs is 1. The van der Waals surface area contributed by atoms with E-state index in [1.165, 1.54) is 6.20 Å². The van der Waals surface area contributed by atoms with Crippen molar-refractivity contribution in [2.24, 2.45) is 7.05 Å². The highest BCUT2D eigenvalue weighted by Crippen LogP contribution is 2.19. The zero-order valence-corrected chi connectivity index (χ0v) is 15.4. The standard InChI is InChI=1S/C20H21N5O2/c1-13-17-11-15(12-21-18(17)24(2)23-13)19(26)22-16-7-5-6-14(10-16)20(27)25-8-3-4-9-25/h5-7,10-12H,3-4,8-9H2,1-2H3,(H,22,26). The topological polar surface area (TPSA) is 80.1 Å². The van der Waals surface area contributed by atoms with Crippen LogP contribution in [0.25, 0.3) is 11.0 Å². The lowest BCUT2D eigenvalue weighted by Gasteiger charge is -2.15. The Morgan fingerprint density at radius 2 is 1.89 bits per heavy atom. The van der Waals surface area contributed by atoms with Crippen LogP contribution in [0.1, 0.15) is 39.3 Å². The molecule has 1 aromatic carbocycles. The van der Waals surface area contributed by atoms with Crippen LogP contribution in [-0.2, 0) is 7.05 Å². The van der Waals surface area contributed by atoms with Crippen molar-refractivity contribution in [1.29, 1.82) is 0 Å². The third kappa shape index (κ3) is 3.28. The smallest absolute Gasteiger partial charge is 0.257 e. The van der Waals surface area contributed by atoms with Crippen molar-refractivity contribution >= 4 is 28.5 Å². The van der Waals surface area contributed by atoms with Crippen molar-refractivity contribution in [2.75, 3.05) is 18.4 Å².